The van der Waals surface area contributed by atoms with Gasteiger partial charge >= 0.3 is 0 Å². The highest BCUT2D eigenvalue weighted by molar-refractivity contribution is 5.82. The van der Waals surface area contributed by atoms with E-state index in [4.69, 9.17) is 10.5 Å². The molecule has 0 aliphatic rings. The van der Waals surface area contributed by atoms with Crippen molar-refractivity contribution >= 4 is 5.91 Å². The van der Waals surface area contributed by atoms with Crippen LogP contribution in [0.5, 0.6) is 0 Å². The Morgan fingerprint density at radius 1 is 1.41 bits per heavy atom. The van der Waals surface area contributed by atoms with E-state index in [0.29, 0.717) is 32.1 Å². The smallest absolute Gasteiger partial charge is 0.226 e. The summed E-state index contributed by atoms with van der Waals surface area (Å²) in [7, 11) is 0. The van der Waals surface area contributed by atoms with Gasteiger partial charge in [-0.05, 0) is 25.8 Å². The number of ether oxygens (including phenoxy) is 1. The van der Waals surface area contributed by atoms with E-state index in [0.717, 1.165) is 0 Å². The van der Waals surface area contributed by atoms with Crippen molar-refractivity contribution in [2.45, 2.75) is 47.1 Å². The first kappa shape index (κ1) is 16.4. The Kier molecular flexibility index (Phi) is 7.39. The van der Waals surface area contributed by atoms with Gasteiger partial charge in [-0.3, -0.25) is 4.79 Å². The van der Waals surface area contributed by atoms with E-state index in [9.17, 15) is 4.79 Å². The Bertz CT molecular complexity index is 227. The number of nitrogens with two attached hydrogens (primary N) is 1. The second-order valence-electron chi connectivity index (χ2n) is 5.41. The largest absolute Gasteiger partial charge is 0.380 e. The van der Waals surface area contributed by atoms with E-state index in [-0.39, 0.29) is 11.9 Å². The van der Waals surface area contributed by atoms with E-state index in [1.807, 2.05) is 20.8 Å². The number of nitrogens with one attached hydrogen (secondary N) is 1. The molecule has 0 aromatic rings. The normalized spacial score (nSPS) is 13.8. The number of carbonyl (C=O) groups excluding carboxylic acids is 1. The summed E-state index contributed by atoms with van der Waals surface area (Å²) in [5.74, 6) is 0.417. The first-order valence-electron chi connectivity index (χ1n) is 6.44. The summed E-state index contributed by atoms with van der Waals surface area (Å²) in [6, 6.07) is 0.0690. The molecule has 0 saturated heterocycles. The lowest BCUT2D eigenvalue weighted by molar-refractivity contribution is -0.131. The van der Waals surface area contributed by atoms with Gasteiger partial charge in [0.15, 0.2) is 0 Å². The van der Waals surface area contributed by atoms with E-state index in [2.05, 4.69) is 19.2 Å². The predicted octanol–water partition coefficient (Wildman–Crippen LogP) is 1.54. The van der Waals surface area contributed by atoms with Crippen LogP contribution in [0.1, 0.15) is 41.0 Å². The van der Waals surface area contributed by atoms with E-state index >= 15 is 0 Å². The monoisotopic (exact) mass is 244 g/mol. The molecular weight excluding hydrogens is 216 g/mol. The van der Waals surface area contributed by atoms with Crippen LogP contribution in [0.3, 0.4) is 0 Å². The van der Waals surface area contributed by atoms with Crippen molar-refractivity contribution in [2.75, 3.05) is 19.8 Å². The number of amides is 1. The van der Waals surface area contributed by atoms with Crippen LogP contribution in [-0.2, 0) is 9.53 Å². The first-order valence-corrected chi connectivity index (χ1v) is 6.44. The van der Waals surface area contributed by atoms with Gasteiger partial charge in [-0.25, -0.2) is 0 Å². The summed E-state index contributed by atoms with van der Waals surface area (Å²) in [6.07, 6.45) is 0.693. The highest BCUT2D eigenvalue weighted by Gasteiger charge is 2.29. The summed E-state index contributed by atoms with van der Waals surface area (Å²) in [6.45, 7) is 11.7. The van der Waals surface area contributed by atoms with Crippen LogP contribution in [0, 0.1) is 11.3 Å². The van der Waals surface area contributed by atoms with Gasteiger partial charge in [0.1, 0.15) is 0 Å². The molecular formula is C13H28N2O2. The zero-order valence-corrected chi connectivity index (χ0v) is 11.9. The summed E-state index contributed by atoms with van der Waals surface area (Å²) < 4.78 is 5.39. The second kappa shape index (κ2) is 7.67. The summed E-state index contributed by atoms with van der Waals surface area (Å²) >= 11 is 0. The molecule has 0 aliphatic carbocycles. The van der Waals surface area contributed by atoms with E-state index < -0.39 is 5.41 Å². The molecule has 0 rings (SSSR count). The van der Waals surface area contributed by atoms with Crippen molar-refractivity contribution in [3.63, 3.8) is 0 Å². The lowest BCUT2D eigenvalue weighted by atomic mass is 9.87. The van der Waals surface area contributed by atoms with Crippen molar-refractivity contribution in [3.05, 3.63) is 0 Å². The molecule has 1 atom stereocenters. The zero-order chi connectivity index (χ0) is 13.5. The van der Waals surface area contributed by atoms with Crippen molar-refractivity contribution in [2.24, 2.45) is 17.1 Å². The maximum absolute atomic E-state index is 12.1. The molecule has 17 heavy (non-hydrogen) atoms. The molecule has 0 bridgehead atoms. The molecule has 0 aromatic heterocycles. The van der Waals surface area contributed by atoms with E-state index in [1.54, 1.807) is 0 Å². The number of rotatable bonds is 8. The van der Waals surface area contributed by atoms with Crippen LogP contribution < -0.4 is 11.1 Å². The van der Waals surface area contributed by atoms with Crippen molar-refractivity contribution in [3.8, 4) is 0 Å². The molecule has 0 aliphatic heterocycles. The first-order chi connectivity index (χ1) is 7.85. The van der Waals surface area contributed by atoms with Gasteiger partial charge in [-0.1, -0.05) is 27.7 Å². The molecule has 0 heterocycles. The fourth-order valence-corrected chi connectivity index (χ4v) is 1.48. The maximum Gasteiger partial charge on any atom is 0.226 e. The third-order valence-electron chi connectivity index (χ3n) is 3.01. The molecule has 4 heteroatoms. The Morgan fingerprint density at radius 3 is 2.41 bits per heavy atom. The van der Waals surface area contributed by atoms with Crippen molar-refractivity contribution < 1.29 is 9.53 Å². The molecule has 1 unspecified atom stereocenters. The third-order valence-corrected chi connectivity index (χ3v) is 3.01. The molecule has 0 saturated carbocycles. The molecule has 1 amide bonds. The molecule has 4 nitrogen and oxygen atoms in total. The molecule has 0 aromatic carbocycles. The van der Waals surface area contributed by atoms with Crippen molar-refractivity contribution in [1.82, 2.24) is 5.32 Å². The maximum atomic E-state index is 12.1. The minimum absolute atomic E-state index is 0.0568. The average Bonchev–Trinajstić information content (AvgIpc) is 2.23. The Labute approximate surface area is 105 Å². The molecule has 3 N–H and O–H groups in total. The summed E-state index contributed by atoms with van der Waals surface area (Å²) in [5, 5.41) is 3.06. The fourth-order valence-electron chi connectivity index (χ4n) is 1.48. The third kappa shape index (κ3) is 6.03. The Morgan fingerprint density at radius 2 is 2.00 bits per heavy atom. The van der Waals surface area contributed by atoms with Gasteiger partial charge in [0, 0.05) is 12.0 Å². The SMILES string of the molecule is CCOCC(NC(=O)C(C)(C)CCN)C(C)C. The van der Waals surface area contributed by atoms with E-state index in [1.165, 1.54) is 0 Å². The highest BCUT2D eigenvalue weighted by Crippen LogP contribution is 2.20. The predicted molar refractivity (Wildman–Crippen MR) is 70.7 cm³/mol. The van der Waals surface area contributed by atoms with Crippen molar-refractivity contribution in [1.29, 1.82) is 0 Å². The number of carbonyl (C=O) groups is 1. The highest BCUT2D eigenvalue weighted by atomic mass is 16.5. The van der Waals surface area contributed by atoms with Gasteiger partial charge in [-0.15, -0.1) is 0 Å². The Balaban J connectivity index is 4.39. The second-order valence-corrected chi connectivity index (χ2v) is 5.41. The standard InChI is InChI=1S/C13H28N2O2/c1-6-17-9-11(10(2)3)15-12(16)13(4,5)7-8-14/h10-11H,6-9,14H2,1-5H3,(H,15,16). The average molecular weight is 244 g/mol. The summed E-state index contributed by atoms with van der Waals surface area (Å²) in [4.78, 5) is 12.1. The van der Waals surface area contributed by atoms with Gasteiger partial charge in [0.2, 0.25) is 5.91 Å². The summed E-state index contributed by atoms with van der Waals surface area (Å²) in [5.41, 5.74) is 5.11. The van der Waals surface area contributed by atoms with Crippen LogP contribution in [0.4, 0.5) is 0 Å². The van der Waals surface area contributed by atoms with Crippen LogP contribution in [0.15, 0.2) is 0 Å². The minimum atomic E-state index is -0.409. The van der Waals surface area contributed by atoms with Gasteiger partial charge in [0.25, 0.3) is 0 Å². The topological polar surface area (TPSA) is 64.3 Å². The van der Waals surface area contributed by atoms with Crippen LogP contribution in [0.25, 0.3) is 0 Å². The molecule has 102 valence electrons. The van der Waals surface area contributed by atoms with Gasteiger partial charge < -0.3 is 15.8 Å². The molecule has 0 fully saturated rings. The minimum Gasteiger partial charge on any atom is -0.380 e. The van der Waals surface area contributed by atoms with Crippen LogP contribution in [-0.4, -0.2) is 31.7 Å². The van der Waals surface area contributed by atoms with Crippen LogP contribution >= 0.6 is 0 Å². The fraction of sp³-hybridized carbons (Fsp3) is 0.923. The van der Waals surface area contributed by atoms with Crippen LogP contribution in [0.2, 0.25) is 0 Å². The van der Waals surface area contributed by atoms with Gasteiger partial charge in [-0.2, -0.15) is 0 Å². The molecule has 0 spiro atoms. The lowest BCUT2D eigenvalue weighted by Crippen LogP contribution is -2.47. The number of hydrogen-bond acceptors (Lipinski definition) is 3. The quantitative estimate of drug-likeness (QED) is 0.680. The lowest BCUT2D eigenvalue weighted by Gasteiger charge is -2.28. The molecule has 0 radical (unpaired) electrons. The van der Waals surface area contributed by atoms with Gasteiger partial charge in [0.05, 0.1) is 12.6 Å². The Hall–Kier alpha value is -0.610. The number of hydrogen-bond donors (Lipinski definition) is 2. The zero-order valence-electron chi connectivity index (χ0n) is 11.9.